The average molecular weight is 313 g/mol. The van der Waals surface area contributed by atoms with Crippen LogP contribution in [-0.2, 0) is 4.79 Å². The van der Waals surface area contributed by atoms with Gasteiger partial charge in [0.2, 0.25) is 18.6 Å². The van der Waals surface area contributed by atoms with Crippen molar-refractivity contribution in [2.45, 2.75) is 12.8 Å². The topological polar surface area (TPSA) is 77.7 Å². The van der Waals surface area contributed by atoms with Gasteiger partial charge in [-0.2, -0.15) is 4.98 Å². The molecule has 2 aliphatic heterocycles. The number of aryl methyl sites for hydroxylation is 1. The number of fused-ring (bicyclic) bond motifs is 1. The quantitative estimate of drug-likeness (QED) is 0.803. The molecule has 0 spiro atoms. The van der Waals surface area contributed by atoms with E-state index in [9.17, 15) is 4.79 Å². The van der Waals surface area contributed by atoms with E-state index in [0.29, 0.717) is 30.6 Å². The van der Waals surface area contributed by atoms with E-state index in [1.54, 1.807) is 24.0 Å². The number of carbonyl (C=O) groups is 1. The highest BCUT2D eigenvalue weighted by molar-refractivity contribution is 5.92. The molecule has 23 heavy (non-hydrogen) atoms. The highest BCUT2D eigenvalue weighted by Gasteiger charge is 2.34. The van der Waals surface area contributed by atoms with Crippen LogP contribution >= 0.6 is 0 Å². The lowest BCUT2D eigenvalue weighted by Crippen LogP contribution is -2.47. The van der Waals surface area contributed by atoms with Gasteiger partial charge in [0.05, 0.1) is 5.92 Å². The molecule has 7 heteroatoms. The molecule has 4 rings (SSSR count). The van der Waals surface area contributed by atoms with Gasteiger partial charge in [-0.3, -0.25) is 4.79 Å². The summed E-state index contributed by atoms with van der Waals surface area (Å²) < 4.78 is 15.7. The van der Waals surface area contributed by atoms with Gasteiger partial charge < -0.3 is 18.9 Å². The Morgan fingerprint density at radius 3 is 2.91 bits per heavy atom. The molecule has 1 saturated heterocycles. The third-order valence-electron chi connectivity index (χ3n) is 3.90. The van der Waals surface area contributed by atoms with Crippen molar-refractivity contribution >= 4 is 12.0 Å². The highest BCUT2D eigenvalue weighted by atomic mass is 16.7. The van der Waals surface area contributed by atoms with Gasteiger partial charge in [0.1, 0.15) is 0 Å². The summed E-state index contributed by atoms with van der Waals surface area (Å²) >= 11 is 0. The zero-order valence-corrected chi connectivity index (χ0v) is 12.6. The molecular formula is C16H15N3O4. The van der Waals surface area contributed by atoms with Crippen molar-refractivity contribution < 1.29 is 18.8 Å². The molecular weight excluding hydrogens is 298 g/mol. The molecule has 0 bridgehead atoms. The van der Waals surface area contributed by atoms with Gasteiger partial charge in [0.25, 0.3) is 0 Å². The van der Waals surface area contributed by atoms with E-state index in [2.05, 4.69) is 10.1 Å². The molecule has 1 aromatic heterocycles. The molecule has 118 valence electrons. The molecule has 2 aliphatic rings. The average Bonchev–Trinajstić information content (AvgIpc) is 3.12. The van der Waals surface area contributed by atoms with Crippen LogP contribution in [-0.4, -0.2) is 40.8 Å². The van der Waals surface area contributed by atoms with Crippen LogP contribution in [0.15, 0.2) is 28.8 Å². The molecule has 7 nitrogen and oxygen atoms in total. The summed E-state index contributed by atoms with van der Waals surface area (Å²) in [5.41, 5.74) is 0.896. The van der Waals surface area contributed by atoms with E-state index >= 15 is 0 Å². The Labute approximate surface area is 132 Å². The second-order valence-electron chi connectivity index (χ2n) is 5.57. The van der Waals surface area contributed by atoms with E-state index in [1.807, 2.05) is 18.2 Å². The number of aromatic nitrogens is 2. The SMILES string of the molecule is Cc1noc(C2CN(C(=O)/C=C/c3ccc4c(c3)OCO4)C2)n1. The number of rotatable bonds is 3. The van der Waals surface area contributed by atoms with Crippen LogP contribution in [0, 0.1) is 6.92 Å². The number of nitrogens with zero attached hydrogens (tertiary/aromatic N) is 3. The standard InChI is InChI=1S/C16H15N3O4/c1-10-17-16(23-18-10)12-7-19(8-12)15(20)5-3-11-2-4-13-14(6-11)22-9-21-13/h2-6,12H,7-9H2,1H3/b5-3+. The molecule has 1 aromatic carbocycles. The van der Waals surface area contributed by atoms with Crippen LogP contribution in [0.1, 0.15) is 23.2 Å². The van der Waals surface area contributed by atoms with Crippen LogP contribution in [0.25, 0.3) is 6.08 Å². The highest BCUT2D eigenvalue weighted by Crippen LogP contribution is 2.33. The number of ether oxygens (including phenoxy) is 2. The summed E-state index contributed by atoms with van der Waals surface area (Å²) in [5.74, 6) is 2.76. The van der Waals surface area contributed by atoms with Gasteiger partial charge in [-0.1, -0.05) is 11.2 Å². The summed E-state index contributed by atoms with van der Waals surface area (Å²) in [4.78, 5) is 18.1. The summed E-state index contributed by atoms with van der Waals surface area (Å²) in [5, 5.41) is 3.77. The van der Waals surface area contributed by atoms with Gasteiger partial charge in [-0.25, -0.2) is 0 Å². The van der Waals surface area contributed by atoms with Crippen LogP contribution < -0.4 is 9.47 Å². The Morgan fingerprint density at radius 2 is 2.13 bits per heavy atom. The van der Waals surface area contributed by atoms with Crippen molar-refractivity contribution in [2.24, 2.45) is 0 Å². The fourth-order valence-corrected chi connectivity index (χ4v) is 2.58. The first-order valence-corrected chi connectivity index (χ1v) is 7.36. The third-order valence-corrected chi connectivity index (χ3v) is 3.90. The molecule has 1 amide bonds. The summed E-state index contributed by atoms with van der Waals surface area (Å²) in [6.07, 6.45) is 3.33. The van der Waals surface area contributed by atoms with Gasteiger partial charge >= 0.3 is 0 Å². The van der Waals surface area contributed by atoms with Crippen molar-refractivity contribution in [1.82, 2.24) is 15.0 Å². The van der Waals surface area contributed by atoms with Crippen LogP contribution in [0.4, 0.5) is 0 Å². The maximum atomic E-state index is 12.1. The molecule has 0 N–H and O–H groups in total. The summed E-state index contributed by atoms with van der Waals surface area (Å²) in [6, 6.07) is 5.58. The van der Waals surface area contributed by atoms with Crippen LogP contribution in [0.5, 0.6) is 11.5 Å². The van der Waals surface area contributed by atoms with E-state index in [1.165, 1.54) is 0 Å². The number of hydrogen-bond acceptors (Lipinski definition) is 6. The zero-order chi connectivity index (χ0) is 15.8. The fraction of sp³-hybridized carbons (Fsp3) is 0.312. The minimum absolute atomic E-state index is 0.0323. The second kappa shape index (κ2) is 5.42. The molecule has 0 atom stereocenters. The van der Waals surface area contributed by atoms with Crippen molar-refractivity contribution in [1.29, 1.82) is 0 Å². The molecule has 0 unspecified atom stereocenters. The summed E-state index contributed by atoms with van der Waals surface area (Å²) in [6.45, 7) is 3.23. The normalized spacial score (nSPS) is 16.8. The Morgan fingerprint density at radius 1 is 1.30 bits per heavy atom. The molecule has 0 aliphatic carbocycles. The number of hydrogen-bond donors (Lipinski definition) is 0. The molecule has 0 radical (unpaired) electrons. The minimum Gasteiger partial charge on any atom is -0.454 e. The third kappa shape index (κ3) is 2.65. The Bertz CT molecular complexity index is 777. The van der Waals surface area contributed by atoms with E-state index in [0.717, 1.165) is 11.3 Å². The maximum Gasteiger partial charge on any atom is 0.246 e. The first-order chi connectivity index (χ1) is 11.2. The van der Waals surface area contributed by atoms with Crippen LogP contribution in [0.2, 0.25) is 0 Å². The van der Waals surface area contributed by atoms with Crippen molar-refractivity contribution in [3.8, 4) is 11.5 Å². The number of likely N-dealkylation sites (tertiary alicyclic amines) is 1. The van der Waals surface area contributed by atoms with Gasteiger partial charge in [-0.15, -0.1) is 0 Å². The lowest BCUT2D eigenvalue weighted by atomic mass is 10.00. The monoisotopic (exact) mass is 313 g/mol. The number of amides is 1. The maximum absolute atomic E-state index is 12.1. The summed E-state index contributed by atoms with van der Waals surface area (Å²) in [7, 11) is 0. The number of carbonyl (C=O) groups excluding carboxylic acids is 1. The van der Waals surface area contributed by atoms with Crippen molar-refractivity contribution in [3.63, 3.8) is 0 Å². The zero-order valence-electron chi connectivity index (χ0n) is 12.6. The fourth-order valence-electron chi connectivity index (χ4n) is 2.58. The van der Waals surface area contributed by atoms with Gasteiger partial charge in [0.15, 0.2) is 17.3 Å². The molecule has 1 fully saturated rings. The Balaban J connectivity index is 1.35. The Hall–Kier alpha value is -2.83. The number of benzene rings is 1. The molecule has 2 aromatic rings. The lowest BCUT2D eigenvalue weighted by molar-refractivity contribution is -0.130. The van der Waals surface area contributed by atoms with Gasteiger partial charge in [0, 0.05) is 19.2 Å². The lowest BCUT2D eigenvalue weighted by Gasteiger charge is -2.36. The van der Waals surface area contributed by atoms with E-state index in [4.69, 9.17) is 14.0 Å². The molecule has 0 saturated carbocycles. The minimum atomic E-state index is -0.0323. The van der Waals surface area contributed by atoms with E-state index < -0.39 is 0 Å². The second-order valence-corrected chi connectivity index (χ2v) is 5.57. The van der Waals surface area contributed by atoms with Crippen molar-refractivity contribution in [2.75, 3.05) is 19.9 Å². The van der Waals surface area contributed by atoms with Crippen molar-refractivity contribution in [3.05, 3.63) is 41.6 Å². The molecule has 3 heterocycles. The first kappa shape index (κ1) is 13.8. The predicted molar refractivity (Wildman–Crippen MR) is 80.0 cm³/mol. The van der Waals surface area contributed by atoms with E-state index in [-0.39, 0.29) is 18.6 Å². The first-order valence-electron chi connectivity index (χ1n) is 7.36. The predicted octanol–water partition coefficient (Wildman–Crippen LogP) is 1.75. The largest absolute Gasteiger partial charge is 0.454 e. The smallest absolute Gasteiger partial charge is 0.246 e. The van der Waals surface area contributed by atoms with Gasteiger partial charge in [-0.05, 0) is 30.7 Å². The van der Waals surface area contributed by atoms with Crippen LogP contribution in [0.3, 0.4) is 0 Å². The Kier molecular flexibility index (Phi) is 3.25.